The molecule has 70 valence electrons. The number of rotatable bonds is 1. The Morgan fingerprint density at radius 1 is 1.46 bits per heavy atom. The average Bonchev–Trinajstić information content (AvgIpc) is 2.47. The second-order valence-electron chi connectivity index (χ2n) is 3.62. The van der Waals surface area contributed by atoms with Crippen LogP contribution in [0.15, 0.2) is 16.6 Å². The number of methoxy groups -OCH3 is 1. The van der Waals surface area contributed by atoms with Crippen molar-refractivity contribution in [3.05, 3.63) is 27.7 Å². The maximum absolute atomic E-state index is 5.36. The summed E-state index contributed by atoms with van der Waals surface area (Å²) in [5.74, 6) is 1.72. The standard InChI is InChI=1S/C11H13BrO/c1-7-3-4-9-10(7)5-8(12)6-11(9)13-2/h5-7H,3-4H2,1-2H3. The Labute approximate surface area is 87.2 Å². The molecule has 2 heteroatoms. The van der Waals surface area contributed by atoms with E-state index in [2.05, 4.69) is 35.0 Å². The van der Waals surface area contributed by atoms with Gasteiger partial charge in [-0.15, -0.1) is 0 Å². The number of halogens is 1. The van der Waals surface area contributed by atoms with Gasteiger partial charge in [0.05, 0.1) is 7.11 Å². The van der Waals surface area contributed by atoms with Crippen molar-refractivity contribution in [2.45, 2.75) is 25.7 Å². The van der Waals surface area contributed by atoms with Gasteiger partial charge in [-0.2, -0.15) is 0 Å². The second kappa shape index (κ2) is 3.33. The largest absolute Gasteiger partial charge is 0.496 e. The summed E-state index contributed by atoms with van der Waals surface area (Å²) in [5, 5.41) is 0. The number of fused-ring (bicyclic) bond motifs is 1. The molecule has 2 rings (SSSR count). The fourth-order valence-electron chi connectivity index (χ4n) is 2.04. The lowest BCUT2D eigenvalue weighted by atomic mass is 10.0. The molecule has 0 N–H and O–H groups in total. The molecule has 0 bridgehead atoms. The van der Waals surface area contributed by atoms with E-state index >= 15 is 0 Å². The lowest BCUT2D eigenvalue weighted by Gasteiger charge is -2.09. The average molecular weight is 241 g/mol. The molecule has 1 atom stereocenters. The van der Waals surface area contributed by atoms with E-state index in [1.54, 1.807) is 7.11 Å². The van der Waals surface area contributed by atoms with Crippen LogP contribution in [-0.4, -0.2) is 7.11 Å². The Kier molecular flexibility index (Phi) is 2.33. The third-order valence-corrected chi connectivity index (χ3v) is 3.24. The molecule has 1 aromatic carbocycles. The first-order valence-electron chi connectivity index (χ1n) is 4.58. The van der Waals surface area contributed by atoms with Gasteiger partial charge in [0.1, 0.15) is 5.75 Å². The van der Waals surface area contributed by atoms with E-state index in [1.807, 2.05) is 0 Å². The normalized spacial score (nSPS) is 20.1. The molecule has 13 heavy (non-hydrogen) atoms. The quantitative estimate of drug-likeness (QED) is 0.731. The first-order valence-corrected chi connectivity index (χ1v) is 5.38. The lowest BCUT2D eigenvalue weighted by molar-refractivity contribution is 0.410. The fraction of sp³-hybridized carbons (Fsp3) is 0.455. The Balaban J connectivity index is 2.56. The van der Waals surface area contributed by atoms with Crippen molar-refractivity contribution in [1.29, 1.82) is 0 Å². The van der Waals surface area contributed by atoms with Gasteiger partial charge in [-0.1, -0.05) is 22.9 Å². The first-order chi connectivity index (χ1) is 6.22. The zero-order valence-corrected chi connectivity index (χ0v) is 9.52. The highest BCUT2D eigenvalue weighted by molar-refractivity contribution is 9.10. The van der Waals surface area contributed by atoms with Gasteiger partial charge in [-0.05, 0) is 42.0 Å². The van der Waals surface area contributed by atoms with Crippen LogP contribution in [-0.2, 0) is 6.42 Å². The molecular weight excluding hydrogens is 228 g/mol. The Morgan fingerprint density at radius 3 is 2.92 bits per heavy atom. The minimum atomic E-state index is 0.682. The molecule has 0 saturated heterocycles. The molecule has 0 aromatic heterocycles. The fourth-order valence-corrected chi connectivity index (χ4v) is 2.49. The van der Waals surface area contributed by atoms with E-state index < -0.39 is 0 Å². The molecule has 1 aliphatic rings. The maximum Gasteiger partial charge on any atom is 0.123 e. The third-order valence-electron chi connectivity index (χ3n) is 2.79. The van der Waals surface area contributed by atoms with Crippen molar-refractivity contribution >= 4 is 15.9 Å². The van der Waals surface area contributed by atoms with Gasteiger partial charge in [0.15, 0.2) is 0 Å². The van der Waals surface area contributed by atoms with Crippen LogP contribution in [0.5, 0.6) is 5.75 Å². The molecule has 1 aromatic rings. The van der Waals surface area contributed by atoms with Crippen LogP contribution in [0.4, 0.5) is 0 Å². The maximum atomic E-state index is 5.36. The summed E-state index contributed by atoms with van der Waals surface area (Å²) in [5.41, 5.74) is 2.85. The SMILES string of the molecule is COc1cc(Br)cc2c1CCC2C. The van der Waals surface area contributed by atoms with Gasteiger partial charge >= 0.3 is 0 Å². The minimum absolute atomic E-state index is 0.682. The van der Waals surface area contributed by atoms with E-state index in [0.29, 0.717) is 5.92 Å². The molecular formula is C11H13BrO. The zero-order valence-electron chi connectivity index (χ0n) is 7.93. The summed E-state index contributed by atoms with van der Waals surface area (Å²) in [6, 6.07) is 4.27. The molecule has 0 fully saturated rings. The molecule has 0 aliphatic heterocycles. The molecule has 1 aliphatic carbocycles. The number of hydrogen-bond acceptors (Lipinski definition) is 1. The Bertz CT molecular complexity index is 333. The van der Waals surface area contributed by atoms with Gasteiger partial charge in [-0.25, -0.2) is 0 Å². The van der Waals surface area contributed by atoms with E-state index in [-0.39, 0.29) is 0 Å². The van der Waals surface area contributed by atoms with E-state index in [4.69, 9.17) is 4.74 Å². The number of benzene rings is 1. The predicted octanol–water partition coefficient (Wildman–Crippen LogP) is 3.51. The number of ether oxygens (including phenoxy) is 1. The van der Waals surface area contributed by atoms with Crippen molar-refractivity contribution in [2.24, 2.45) is 0 Å². The molecule has 1 nitrogen and oxygen atoms in total. The topological polar surface area (TPSA) is 9.23 Å². The summed E-state index contributed by atoms with van der Waals surface area (Å²) in [6.07, 6.45) is 2.41. The van der Waals surface area contributed by atoms with E-state index in [0.717, 1.165) is 16.6 Å². The van der Waals surface area contributed by atoms with E-state index in [1.165, 1.54) is 17.5 Å². The summed E-state index contributed by atoms with van der Waals surface area (Å²) >= 11 is 3.50. The minimum Gasteiger partial charge on any atom is -0.496 e. The van der Waals surface area contributed by atoms with Crippen molar-refractivity contribution in [3.63, 3.8) is 0 Å². The van der Waals surface area contributed by atoms with Gasteiger partial charge in [0.2, 0.25) is 0 Å². The number of hydrogen-bond donors (Lipinski definition) is 0. The van der Waals surface area contributed by atoms with Crippen LogP contribution >= 0.6 is 15.9 Å². The molecule has 0 spiro atoms. The smallest absolute Gasteiger partial charge is 0.123 e. The van der Waals surface area contributed by atoms with Crippen molar-refractivity contribution in [2.75, 3.05) is 7.11 Å². The zero-order chi connectivity index (χ0) is 9.42. The van der Waals surface area contributed by atoms with Crippen LogP contribution in [0, 0.1) is 0 Å². The van der Waals surface area contributed by atoms with E-state index in [9.17, 15) is 0 Å². The van der Waals surface area contributed by atoms with Crippen LogP contribution in [0.25, 0.3) is 0 Å². The van der Waals surface area contributed by atoms with Crippen molar-refractivity contribution in [1.82, 2.24) is 0 Å². The molecule has 0 amide bonds. The predicted molar refractivity (Wildman–Crippen MR) is 57.4 cm³/mol. The molecule has 0 radical (unpaired) electrons. The van der Waals surface area contributed by atoms with Crippen molar-refractivity contribution < 1.29 is 4.74 Å². The van der Waals surface area contributed by atoms with Crippen LogP contribution in [0.1, 0.15) is 30.4 Å². The van der Waals surface area contributed by atoms with Gasteiger partial charge in [0.25, 0.3) is 0 Å². The summed E-state index contributed by atoms with van der Waals surface area (Å²) in [7, 11) is 1.74. The second-order valence-corrected chi connectivity index (χ2v) is 4.53. The molecule has 0 heterocycles. The highest BCUT2D eigenvalue weighted by atomic mass is 79.9. The monoisotopic (exact) mass is 240 g/mol. The highest BCUT2D eigenvalue weighted by Crippen LogP contribution is 2.40. The van der Waals surface area contributed by atoms with Crippen LogP contribution < -0.4 is 4.74 Å². The summed E-state index contributed by atoms with van der Waals surface area (Å²) in [4.78, 5) is 0. The Hall–Kier alpha value is -0.500. The van der Waals surface area contributed by atoms with Gasteiger partial charge in [0, 0.05) is 4.47 Å². The van der Waals surface area contributed by atoms with Crippen molar-refractivity contribution in [3.8, 4) is 5.75 Å². The summed E-state index contributed by atoms with van der Waals surface area (Å²) in [6.45, 7) is 2.28. The summed E-state index contributed by atoms with van der Waals surface area (Å²) < 4.78 is 6.48. The third kappa shape index (κ3) is 1.48. The Morgan fingerprint density at radius 2 is 2.23 bits per heavy atom. The molecule has 1 unspecified atom stereocenters. The highest BCUT2D eigenvalue weighted by Gasteiger charge is 2.22. The molecule has 0 saturated carbocycles. The first kappa shape index (κ1) is 9.07. The van der Waals surface area contributed by atoms with Gasteiger partial charge < -0.3 is 4.74 Å². The lowest BCUT2D eigenvalue weighted by Crippen LogP contribution is -1.92. The van der Waals surface area contributed by atoms with Crippen LogP contribution in [0.3, 0.4) is 0 Å². The van der Waals surface area contributed by atoms with Gasteiger partial charge in [-0.3, -0.25) is 0 Å². The van der Waals surface area contributed by atoms with Crippen LogP contribution in [0.2, 0.25) is 0 Å².